The second-order valence-corrected chi connectivity index (χ2v) is 8.34. The van der Waals surface area contributed by atoms with Gasteiger partial charge in [0, 0.05) is 29.7 Å². The van der Waals surface area contributed by atoms with Crippen LogP contribution in [0.4, 0.5) is 0 Å². The number of aliphatic imine (C=N–C) groups is 1. The van der Waals surface area contributed by atoms with E-state index in [-0.39, 0.29) is 30.5 Å². The van der Waals surface area contributed by atoms with Gasteiger partial charge in [0.15, 0.2) is 11.8 Å². The van der Waals surface area contributed by atoms with Crippen LogP contribution in [0.25, 0.3) is 0 Å². The van der Waals surface area contributed by atoms with Crippen LogP contribution in [0.5, 0.6) is 0 Å². The molecule has 0 aliphatic heterocycles. The van der Waals surface area contributed by atoms with E-state index in [4.69, 9.17) is 23.2 Å². The van der Waals surface area contributed by atoms with Gasteiger partial charge < -0.3 is 20.3 Å². The number of benzene rings is 1. The van der Waals surface area contributed by atoms with Gasteiger partial charge in [-0.25, -0.2) is 4.99 Å². The smallest absolute Gasteiger partial charge is 0.192 e. The summed E-state index contributed by atoms with van der Waals surface area (Å²) in [6.07, 6.45) is 5.20. The van der Waals surface area contributed by atoms with E-state index in [0.717, 1.165) is 24.5 Å². The molecular weight excluding hydrogens is 538 g/mol. The van der Waals surface area contributed by atoms with Crippen LogP contribution in [-0.4, -0.2) is 38.4 Å². The molecule has 3 rings (SSSR count). The minimum atomic E-state index is -0.762. The Morgan fingerprint density at radius 1 is 1.20 bits per heavy atom. The summed E-state index contributed by atoms with van der Waals surface area (Å²) in [5.41, 5.74) is 0.663. The summed E-state index contributed by atoms with van der Waals surface area (Å²) in [5, 5.41) is 26.6. The van der Waals surface area contributed by atoms with Gasteiger partial charge in [0.25, 0.3) is 0 Å². The number of hydrogen-bond donors (Lipinski definition) is 3. The zero-order valence-corrected chi connectivity index (χ0v) is 21.1. The minimum absolute atomic E-state index is 0. The first kappa shape index (κ1) is 25.2. The van der Waals surface area contributed by atoms with E-state index in [1.54, 1.807) is 18.2 Å². The molecule has 2 aromatic rings. The highest BCUT2D eigenvalue weighted by Crippen LogP contribution is 2.23. The number of guanidine groups is 1. The van der Waals surface area contributed by atoms with Crippen molar-refractivity contribution < 1.29 is 5.11 Å². The average molecular weight is 567 g/mol. The fourth-order valence-corrected chi connectivity index (χ4v) is 3.95. The molecule has 30 heavy (non-hydrogen) atoms. The van der Waals surface area contributed by atoms with Crippen LogP contribution < -0.4 is 10.6 Å². The molecule has 166 valence electrons. The zero-order valence-electron chi connectivity index (χ0n) is 17.2. The Labute approximate surface area is 204 Å². The first-order valence-corrected chi connectivity index (χ1v) is 10.7. The fraction of sp³-hybridized carbons (Fsp3) is 0.550. The van der Waals surface area contributed by atoms with Crippen molar-refractivity contribution in [2.45, 2.75) is 57.7 Å². The summed E-state index contributed by atoms with van der Waals surface area (Å²) in [6, 6.07) is 5.46. The number of nitrogens with one attached hydrogen (secondary N) is 2. The largest absolute Gasteiger partial charge is 0.387 e. The predicted octanol–water partition coefficient (Wildman–Crippen LogP) is 4.15. The minimum Gasteiger partial charge on any atom is -0.387 e. The number of aromatic nitrogens is 3. The Morgan fingerprint density at radius 2 is 1.87 bits per heavy atom. The van der Waals surface area contributed by atoms with Crippen molar-refractivity contribution >= 4 is 53.1 Å². The van der Waals surface area contributed by atoms with Crippen molar-refractivity contribution in [2.24, 2.45) is 12.0 Å². The molecule has 1 heterocycles. The molecule has 0 saturated heterocycles. The molecule has 1 aromatic heterocycles. The molecule has 1 aliphatic rings. The van der Waals surface area contributed by atoms with Crippen LogP contribution >= 0.6 is 47.2 Å². The number of halogens is 3. The van der Waals surface area contributed by atoms with Crippen LogP contribution in [0.1, 0.15) is 55.4 Å². The van der Waals surface area contributed by atoms with E-state index in [9.17, 15) is 5.11 Å². The Hall–Kier alpha value is -1.10. The SMILES string of the molecule is Cc1nnc(CN=C(NCC(O)c2cc(Cl)cc(Cl)c2)NC2CCCCC2)n1C.I. The normalized spacial score (nSPS) is 16.1. The third kappa shape index (κ3) is 7.25. The maximum absolute atomic E-state index is 10.6. The summed E-state index contributed by atoms with van der Waals surface area (Å²) >= 11 is 12.1. The van der Waals surface area contributed by atoms with Crippen molar-refractivity contribution in [3.05, 3.63) is 45.5 Å². The van der Waals surface area contributed by atoms with Gasteiger partial charge in [0.05, 0.1) is 6.10 Å². The summed E-state index contributed by atoms with van der Waals surface area (Å²) in [4.78, 5) is 4.67. The molecule has 1 fully saturated rings. The summed E-state index contributed by atoms with van der Waals surface area (Å²) in [6.45, 7) is 2.59. The molecule has 0 spiro atoms. The van der Waals surface area contributed by atoms with Crippen LogP contribution in [0.3, 0.4) is 0 Å². The molecule has 1 unspecified atom stereocenters. The number of aryl methyl sites for hydroxylation is 1. The Kier molecular flexibility index (Phi) is 10.1. The van der Waals surface area contributed by atoms with E-state index in [1.165, 1.54) is 19.3 Å². The van der Waals surface area contributed by atoms with Crippen molar-refractivity contribution in [1.82, 2.24) is 25.4 Å². The molecule has 1 saturated carbocycles. The molecule has 0 radical (unpaired) electrons. The molecular formula is C20H29Cl2IN6O. The zero-order chi connectivity index (χ0) is 20.8. The van der Waals surface area contributed by atoms with Gasteiger partial charge in [-0.2, -0.15) is 0 Å². The highest BCUT2D eigenvalue weighted by Gasteiger charge is 2.16. The lowest BCUT2D eigenvalue weighted by Crippen LogP contribution is -2.45. The third-order valence-corrected chi connectivity index (χ3v) is 5.68. The summed E-state index contributed by atoms with van der Waals surface area (Å²) in [5.74, 6) is 2.29. The maximum atomic E-state index is 10.6. The van der Waals surface area contributed by atoms with Crippen LogP contribution in [0, 0.1) is 6.92 Å². The van der Waals surface area contributed by atoms with Crippen molar-refractivity contribution in [2.75, 3.05) is 6.54 Å². The van der Waals surface area contributed by atoms with Gasteiger partial charge in [0.2, 0.25) is 0 Å². The number of hydrogen-bond acceptors (Lipinski definition) is 4. The molecule has 1 atom stereocenters. The number of rotatable bonds is 6. The molecule has 10 heteroatoms. The van der Waals surface area contributed by atoms with Crippen LogP contribution in [0.15, 0.2) is 23.2 Å². The predicted molar refractivity (Wildman–Crippen MR) is 132 cm³/mol. The van der Waals surface area contributed by atoms with E-state index in [0.29, 0.717) is 34.2 Å². The van der Waals surface area contributed by atoms with Gasteiger partial charge in [-0.1, -0.05) is 42.5 Å². The maximum Gasteiger partial charge on any atom is 0.192 e. The second kappa shape index (κ2) is 12.1. The highest BCUT2D eigenvalue weighted by atomic mass is 127. The monoisotopic (exact) mass is 566 g/mol. The first-order valence-electron chi connectivity index (χ1n) is 9.96. The lowest BCUT2D eigenvalue weighted by molar-refractivity contribution is 0.180. The van der Waals surface area contributed by atoms with Gasteiger partial charge in [-0.15, -0.1) is 34.2 Å². The summed E-state index contributed by atoms with van der Waals surface area (Å²) in [7, 11) is 1.93. The second-order valence-electron chi connectivity index (χ2n) is 7.47. The standard InChI is InChI=1S/C20H28Cl2N6O.HI/c1-13-26-27-19(28(13)2)12-24-20(25-17-6-4-3-5-7-17)23-11-18(29)14-8-15(21)10-16(22)9-14;/h8-10,17-18,29H,3-7,11-12H2,1-2H3,(H2,23,24,25);1H. The quantitative estimate of drug-likeness (QED) is 0.278. The fourth-order valence-electron chi connectivity index (χ4n) is 3.41. The van der Waals surface area contributed by atoms with Gasteiger partial charge in [-0.3, -0.25) is 0 Å². The molecule has 1 aromatic carbocycles. The molecule has 1 aliphatic carbocycles. The van der Waals surface area contributed by atoms with E-state index >= 15 is 0 Å². The average Bonchev–Trinajstić information content (AvgIpc) is 3.02. The van der Waals surface area contributed by atoms with E-state index in [1.807, 2.05) is 18.5 Å². The molecule has 7 nitrogen and oxygen atoms in total. The van der Waals surface area contributed by atoms with Crippen LogP contribution in [0.2, 0.25) is 10.0 Å². The number of nitrogens with zero attached hydrogens (tertiary/aromatic N) is 4. The molecule has 3 N–H and O–H groups in total. The number of aliphatic hydroxyl groups is 1. The van der Waals surface area contributed by atoms with Crippen molar-refractivity contribution in [3.63, 3.8) is 0 Å². The topological polar surface area (TPSA) is 87.4 Å². The summed E-state index contributed by atoms with van der Waals surface area (Å²) < 4.78 is 1.92. The number of aliphatic hydroxyl groups excluding tert-OH is 1. The van der Waals surface area contributed by atoms with Crippen molar-refractivity contribution in [3.8, 4) is 0 Å². The first-order chi connectivity index (χ1) is 13.9. The lowest BCUT2D eigenvalue weighted by Gasteiger charge is -2.25. The van der Waals surface area contributed by atoms with E-state index in [2.05, 4.69) is 25.8 Å². The molecule has 0 bridgehead atoms. The van der Waals surface area contributed by atoms with Crippen LogP contribution in [-0.2, 0) is 13.6 Å². The van der Waals surface area contributed by atoms with Gasteiger partial charge in [0.1, 0.15) is 12.4 Å². The Bertz CT molecular complexity index is 834. The lowest BCUT2D eigenvalue weighted by atomic mass is 9.96. The third-order valence-electron chi connectivity index (χ3n) is 5.24. The highest BCUT2D eigenvalue weighted by molar-refractivity contribution is 14.0. The van der Waals surface area contributed by atoms with Gasteiger partial charge >= 0.3 is 0 Å². The van der Waals surface area contributed by atoms with Crippen molar-refractivity contribution in [1.29, 1.82) is 0 Å². The van der Waals surface area contributed by atoms with Gasteiger partial charge in [-0.05, 0) is 43.5 Å². The Morgan fingerprint density at radius 3 is 2.47 bits per heavy atom. The molecule has 0 amide bonds. The Balaban J connectivity index is 0.00000320. The van der Waals surface area contributed by atoms with E-state index < -0.39 is 6.10 Å².